The minimum atomic E-state index is -3.47. The van der Waals surface area contributed by atoms with Crippen LogP contribution in [-0.2, 0) is 16.6 Å². The maximum absolute atomic E-state index is 13.0. The molecule has 0 aliphatic carbocycles. The standard InChI is InChI=1S/C24H35N5O3S/c1-20(2)23-25-10-13-27(23)17-14-26-15-18-28(19-16-26)24(30)21-6-8-22(9-7-21)33(31,32)29-11-4-3-5-12-29/h6-10,13,20H,3-5,11-12,14-19H2,1-2H3. The van der Waals surface area contributed by atoms with Crippen LogP contribution in [0.3, 0.4) is 0 Å². The molecule has 1 aromatic carbocycles. The van der Waals surface area contributed by atoms with E-state index in [1.54, 1.807) is 28.6 Å². The molecule has 4 rings (SSSR count). The topological polar surface area (TPSA) is 78.8 Å². The molecule has 9 heteroatoms. The summed E-state index contributed by atoms with van der Waals surface area (Å²) in [5.41, 5.74) is 0.543. The molecule has 0 radical (unpaired) electrons. The fraction of sp³-hybridized carbons (Fsp3) is 0.583. The van der Waals surface area contributed by atoms with Crippen LogP contribution in [-0.4, -0.2) is 83.8 Å². The van der Waals surface area contributed by atoms with Crippen molar-refractivity contribution < 1.29 is 13.2 Å². The molecule has 2 fully saturated rings. The predicted molar refractivity (Wildman–Crippen MR) is 128 cm³/mol. The van der Waals surface area contributed by atoms with E-state index in [4.69, 9.17) is 0 Å². The molecule has 0 atom stereocenters. The van der Waals surface area contributed by atoms with Gasteiger partial charge in [0.25, 0.3) is 5.91 Å². The van der Waals surface area contributed by atoms with Crippen molar-refractivity contribution in [3.05, 3.63) is 48.0 Å². The van der Waals surface area contributed by atoms with Crippen LogP contribution in [0.15, 0.2) is 41.6 Å². The Kier molecular flexibility index (Phi) is 7.51. The molecule has 180 valence electrons. The third-order valence-electron chi connectivity index (χ3n) is 6.63. The van der Waals surface area contributed by atoms with Gasteiger partial charge in [0.05, 0.1) is 4.90 Å². The van der Waals surface area contributed by atoms with Crippen LogP contribution in [0.2, 0.25) is 0 Å². The first kappa shape index (κ1) is 23.9. The lowest BCUT2D eigenvalue weighted by molar-refractivity contribution is 0.0633. The second-order valence-electron chi connectivity index (χ2n) is 9.26. The number of imidazole rings is 1. The largest absolute Gasteiger partial charge is 0.336 e. The SMILES string of the molecule is CC(C)c1nccn1CCN1CCN(C(=O)c2ccc(S(=O)(=O)N3CCCCC3)cc2)CC1. The molecule has 2 aliphatic heterocycles. The Balaban J connectivity index is 1.30. The molecule has 0 saturated carbocycles. The van der Waals surface area contributed by atoms with Gasteiger partial charge in [0.15, 0.2) is 0 Å². The average Bonchev–Trinajstić information content (AvgIpc) is 3.32. The minimum absolute atomic E-state index is 0.0340. The Bertz CT molecular complexity index is 1030. The van der Waals surface area contributed by atoms with E-state index in [1.807, 2.05) is 17.3 Å². The zero-order valence-corrected chi connectivity index (χ0v) is 20.5. The van der Waals surface area contributed by atoms with Gasteiger partial charge in [-0.1, -0.05) is 20.3 Å². The van der Waals surface area contributed by atoms with Crippen molar-refractivity contribution in [3.63, 3.8) is 0 Å². The van der Waals surface area contributed by atoms with Crippen molar-refractivity contribution in [2.45, 2.75) is 50.5 Å². The summed E-state index contributed by atoms with van der Waals surface area (Å²) >= 11 is 0. The number of piperazine rings is 1. The van der Waals surface area contributed by atoms with Crippen molar-refractivity contribution in [2.75, 3.05) is 45.8 Å². The molecule has 1 aromatic heterocycles. The van der Waals surface area contributed by atoms with Crippen LogP contribution in [0.5, 0.6) is 0 Å². The maximum atomic E-state index is 13.0. The first-order valence-corrected chi connectivity index (χ1v) is 13.4. The van der Waals surface area contributed by atoms with Crippen molar-refractivity contribution in [1.29, 1.82) is 0 Å². The summed E-state index contributed by atoms with van der Waals surface area (Å²) in [5, 5.41) is 0. The highest BCUT2D eigenvalue weighted by Gasteiger charge is 2.27. The fourth-order valence-corrected chi connectivity index (χ4v) is 6.16. The van der Waals surface area contributed by atoms with Gasteiger partial charge in [0.1, 0.15) is 5.82 Å². The van der Waals surface area contributed by atoms with Crippen LogP contribution in [0.25, 0.3) is 0 Å². The van der Waals surface area contributed by atoms with Gasteiger partial charge in [-0.2, -0.15) is 4.31 Å². The van der Waals surface area contributed by atoms with Crippen LogP contribution in [0.4, 0.5) is 0 Å². The molecule has 8 nitrogen and oxygen atoms in total. The number of nitrogens with zero attached hydrogens (tertiary/aromatic N) is 5. The number of piperidine rings is 1. The van der Waals surface area contributed by atoms with Gasteiger partial charge >= 0.3 is 0 Å². The molecule has 0 bridgehead atoms. The molecule has 1 amide bonds. The zero-order valence-electron chi connectivity index (χ0n) is 19.7. The third kappa shape index (κ3) is 5.47. The van der Waals surface area contributed by atoms with Crippen LogP contribution >= 0.6 is 0 Å². The lowest BCUT2D eigenvalue weighted by atomic mass is 10.2. The van der Waals surface area contributed by atoms with Crippen molar-refractivity contribution in [3.8, 4) is 0 Å². The number of amides is 1. The van der Waals surface area contributed by atoms with Crippen LogP contribution in [0, 0.1) is 0 Å². The highest BCUT2D eigenvalue weighted by Crippen LogP contribution is 2.21. The van der Waals surface area contributed by atoms with E-state index < -0.39 is 10.0 Å². The second kappa shape index (κ2) is 10.4. The summed E-state index contributed by atoms with van der Waals surface area (Å²) in [7, 11) is -3.47. The van der Waals surface area contributed by atoms with E-state index in [2.05, 4.69) is 28.3 Å². The quantitative estimate of drug-likeness (QED) is 0.618. The summed E-state index contributed by atoms with van der Waals surface area (Å²) in [6, 6.07) is 6.45. The molecule has 0 spiro atoms. The van der Waals surface area contributed by atoms with Crippen LogP contribution in [0.1, 0.15) is 55.2 Å². The highest BCUT2D eigenvalue weighted by molar-refractivity contribution is 7.89. The molecular formula is C24H35N5O3S. The molecular weight excluding hydrogens is 438 g/mol. The monoisotopic (exact) mass is 473 g/mol. The zero-order chi connectivity index (χ0) is 23.4. The van der Waals surface area contributed by atoms with E-state index >= 15 is 0 Å². The fourth-order valence-electron chi connectivity index (χ4n) is 4.64. The molecule has 2 aliphatic rings. The molecule has 2 saturated heterocycles. The molecule has 33 heavy (non-hydrogen) atoms. The number of sulfonamides is 1. The van der Waals surface area contributed by atoms with Gasteiger partial charge in [-0.3, -0.25) is 9.69 Å². The number of benzene rings is 1. The van der Waals surface area contributed by atoms with Crippen molar-refractivity contribution in [1.82, 2.24) is 23.7 Å². The van der Waals surface area contributed by atoms with Crippen molar-refractivity contribution >= 4 is 15.9 Å². The predicted octanol–water partition coefficient (Wildman–Crippen LogP) is 2.64. The van der Waals surface area contributed by atoms with Gasteiger partial charge in [-0.15, -0.1) is 0 Å². The molecule has 0 unspecified atom stereocenters. The Labute approximate surface area is 197 Å². The van der Waals surface area contributed by atoms with Gasteiger partial charge in [-0.05, 0) is 37.1 Å². The first-order valence-electron chi connectivity index (χ1n) is 12.0. The van der Waals surface area contributed by atoms with Gasteiger partial charge in [-0.25, -0.2) is 13.4 Å². The maximum Gasteiger partial charge on any atom is 0.253 e. The van der Waals surface area contributed by atoms with E-state index in [1.165, 1.54) is 0 Å². The van der Waals surface area contributed by atoms with E-state index in [0.29, 0.717) is 37.7 Å². The third-order valence-corrected chi connectivity index (χ3v) is 8.55. The van der Waals surface area contributed by atoms with Crippen molar-refractivity contribution in [2.24, 2.45) is 0 Å². The summed E-state index contributed by atoms with van der Waals surface area (Å²) in [6.07, 6.45) is 6.78. The normalized spacial score (nSPS) is 18.7. The smallest absolute Gasteiger partial charge is 0.253 e. The van der Waals surface area contributed by atoms with Gasteiger partial charge in [0.2, 0.25) is 10.0 Å². The van der Waals surface area contributed by atoms with E-state index in [9.17, 15) is 13.2 Å². The Morgan fingerprint density at radius 3 is 2.24 bits per heavy atom. The van der Waals surface area contributed by atoms with Crippen LogP contribution < -0.4 is 0 Å². The number of carbonyl (C=O) groups is 1. The number of aromatic nitrogens is 2. The Morgan fingerprint density at radius 2 is 1.61 bits per heavy atom. The summed E-state index contributed by atoms with van der Waals surface area (Å²) in [4.78, 5) is 21.9. The lowest BCUT2D eigenvalue weighted by Gasteiger charge is -2.35. The first-order chi connectivity index (χ1) is 15.9. The lowest BCUT2D eigenvalue weighted by Crippen LogP contribution is -2.49. The highest BCUT2D eigenvalue weighted by atomic mass is 32.2. The van der Waals surface area contributed by atoms with Gasteiger partial charge in [0, 0.05) is 76.2 Å². The molecule has 0 N–H and O–H groups in total. The number of hydrogen-bond donors (Lipinski definition) is 0. The Hall–Kier alpha value is -2.23. The number of carbonyl (C=O) groups excluding carboxylic acids is 1. The Morgan fingerprint density at radius 1 is 0.939 bits per heavy atom. The van der Waals surface area contributed by atoms with Gasteiger partial charge < -0.3 is 9.47 Å². The minimum Gasteiger partial charge on any atom is -0.336 e. The number of rotatable bonds is 7. The summed E-state index contributed by atoms with van der Waals surface area (Å²) in [5.74, 6) is 1.47. The number of hydrogen-bond acceptors (Lipinski definition) is 5. The second-order valence-corrected chi connectivity index (χ2v) is 11.2. The van der Waals surface area contributed by atoms with E-state index in [0.717, 1.165) is 51.3 Å². The molecule has 3 heterocycles. The average molecular weight is 474 g/mol. The van der Waals surface area contributed by atoms with E-state index in [-0.39, 0.29) is 10.8 Å². The summed E-state index contributed by atoms with van der Waals surface area (Å²) < 4.78 is 29.4. The molecule has 2 aromatic rings. The summed E-state index contributed by atoms with van der Waals surface area (Å²) in [6.45, 7) is 10.3.